The molecule has 1 atom stereocenters. The minimum absolute atomic E-state index is 0.282. The fourth-order valence-corrected chi connectivity index (χ4v) is 1.92. The first-order chi connectivity index (χ1) is 8.22. The Bertz CT molecular complexity index is 493. The number of carbonyl (C=O) groups is 1. The molecule has 0 aromatic carbocycles. The number of hydrogen-bond donors (Lipinski definition) is 0. The number of esters is 1. The lowest BCUT2D eigenvalue weighted by Crippen LogP contribution is -2.13. The summed E-state index contributed by atoms with van der Waals surface area (Å²) in [6, 6.07) is 1.90. The minimum Gasteiger partial charge on any atom is -0.465 e. The molecule has 0 amide bonds. The van der Waals surface area contributed by atoms with Crippen LogP contribution in [-0.4, -0.2) is 22.7 Å². The molecular formula is C11H12N2O3S. The van der Waals surface area contributed by atoms with Gasteiger partial charge in [0.15, 0.2) is 0 Å². The van der Waals surface area contributed by atoms with Gasteiger partial charge in [-0.05, 0) is 25.3 Å². The van der Waals surface area contributed by atoms with Gasteiger partial charge in [0.2, 0.25) is 11.7 Å². The molecule has 0 fully saturated rings. The smallest absolute Gasteiger partial charge is 0.318 e. The molecule has 17 heavy (non-hydrogen) atoms. The average Bonchev–Trinajstić information content (AvgIpc) is 2.98. The van der Waals surface area contributed by atoms with Crippen molar-refractivity contribution in [2.75, 3.05) is 6.61 Å². The van der Waals surface area contributed by atoms with Crippen LogP contribution >= 0.6 is 11.3 Å². The standard InChI is InChI=1S/C11H12N2O3S/c1-3-15-11(14)7(2)10-12-9(13-16-10)8-4-5-17-6-8/h4-7H,3H2,1-2H3. The van der Waals surface area contributed by atoms with E-state index in [1.165, 1.54) is 0 Å². The van der Waals surface area contributed by atoms with Crippen LogP contribution in [0.1, 0.15) is 25.7 Å². The van der Waals surface area contributed by atoms with E-state index in [2.05, 4.69) is 10.1 Å². The average molecular weight is 252 g/mol. The zero-order chi connectivity index (χ0) is 12.3. The molecule has 0 saturated carbocycles. The highest BCUT2D eigenvalue weighted by molar-refractivity contribution is 7.08. The van der Waals surface area contributed by atoms with Crippen LogP contribution in [0.5, 0.6) is 0 Å². The van der Waals surface area contributed by atoms with Gasteiger partial charge in [0.05, 0.1) is 6.61 Å². The van der Waals surface area contributed by atoms with E-state index in [0.29, 0.717) is 12.4 Å². The van der Waals surface area contributed by atoms with Gasteiger partial charge in [-0.3, -0.25) is 4.79 Å². The fourth-order valence-electron chi connectivity index (χ4n) is 1.29. The Morgan fingerprint density at radius 2 is 2.47 bits per heavy atom. The topological polar surface area (TPSA) is 65.2 Å². The van der Waals surface area contributed by atoms with Crippen LogP contribution in [0.3, 0.4) is 0 Å². The van der Waals surface area contributed by atoms with Crippen molar-refractivity contribution in [3.8, 4) is 11.4 Å². The van der Waals surface area contributed by atoms with E-state index in [9.17, 15) is 4.79 Å². The molecule has 90 valence electrons. The molecule has 0 aliphatic carbocycles. The second-order valence-electron chi connectivity index (χ2n) is 3.44. The van der Waals surface area contributed by atoms with Crippen LogP contribution in [0.2, 0.25) is 0 Å². The Morgan fingerprint density at radius 1 is 1.65 bits per heavy atom. The summed E-state index contributed by atoms with van der Waals surface area (Å²) in [5, 5.41) is 7.69. The zero-order valence-electron chi connectivity index (χ0n) is 9.54. The fraction of sp³-hybridized carbons (Fsp3) is 0.364. The highest BCUT2D eigenvalue weighted by Crippen LogP contribution is 2.22. The summed E-state index contributed by atoms with van der Waals surface area (Å²) in [7, 11) is 0. The van der Waals surface area contributed by atoms with Crippen LogP contribution in [0.25, 0.3) is 11.4 Å². The Balaban J connectivity index is 2.16. The molecular weight excluding hydrogens is 240 g/mol. The Hall–Kier alpha value is -1.69. The molecule has 5 nitrogen and oxygen atoms in total. The van der Waals surface area contributed by atoms with Gasteiger partial charge in [-0.1, -0.05) is 5.16 Å². The third-order valence-electron chi connectivity index (χ3n) is 2.23. The quantitative estimate of drug-likeness (QED) is 0.782. The molecule has 2 aromatic heterocycles. The van der Waals surface area contributed by atoms with E-state index in [0.717, 1.165) is 5.56 Å². The van der Waals surface area contributed by atoms with Gasteiger partial charge in [0, 0.05) is 10.9 Å². The lowest BCUT2D eigenvalue weighted by Gasteiger charge is -2.04. The molecule has 0 aliphatic heterocycles. The number of hydrogen-bond acceptors (Lipinski definition) is 6. The Kier molecular flexibility index (Phi) is 3.53. The molecule has 0 bridgehead atoms. The van der Waals surface area contributed by atoms with E-state index in [1.807, 2.05) is 16.8 Å². The van der Waals surface area contributed by atoms with E-state index < -0.39 is 5.92 Å². The predicted molar refractivity (Wildman–Crippen MR) is 62.7 cm³/mol. The highest BCUT2D eigenvalue weighted by atomic mass is 32.1. The van der Waals surface area contributed by atoms with E-state index >= 15 is 0 Å². The van der Waals surface area contributed by atoms with Crippen LogP contribution in [0, 0.1) is 0 Å². The van der Waals surface area contributed by atoms with Crippen molar-refractivity contribution in [2.24, 2.45) is 0 Å². The maximum atomic E-state index is 11.5. The van der Waals surface area contributed by atoms with Gasteiger partial charge >= 0.3 is 5.97 Å². The first kappa shape index (κ1) is 11.8. The maximum Gasteiger partial charge on any atom is 0.318 e. The summed E-state index contributed by atoms with van der Waals surface area (Å²) in [4.78, 5) is 15.7. The normalized spacial score (nSPS) is 12.4. The largest absolute Gasteiger partial charge is 0.465 e. The van der Waals surface area contributed by atoms with Crippen molar-refractivity contribution in [1.82, 2.24) is 10.1 Å². The summed E-state index contributed by atoms with van der Waals surface area (Å²) in [6.45, 7) is 3.78. The van der Waals surface area contributed by atoms with Crippen LogP contribution in [0.15, 0.2) is 21.3 Å². The van der Waals surface area contributed by atoms with Crippen molar-refractivity contribution < 1.29 is 14.1 Å². The predicted octanol–water partition coefficient (Wildman–Crippen LogP) is 2.46. The van der Waals surface area contributed by atoms with E-state index in [4.69, 9.17) is 9.26 Å². The summed E-state index contributed by atoms with van der Waals surface area (Å²) >= 11 is 1.55. The molecule has 0 spiro atoms. The van der Waals surface area contributed by atoms with Crippen LogP contribution in [0.4, 0.5) is 0 Å². The molecule has 0 saturated heterocycles. The van der Waals surface area contributed by atoms with Crippen LogP contribution in [-0.2, 0) is 9.53 Å². The lowest BCUT2D eigenvalue weighted by atomic mass is 10.2. The SMILES string of the molecule is CCOC(=O)C(C)c1nc(-c2ccsc2)no1. The number of carbonyl (C=O) groups excluding carboxylic acids is 1. The first-order valence-electron chi connectivity index (χ1n) is 5.25. The zero-order valence-corrected chi connectivity index (χ0v) is 10.4. The lowest BCUT2D eigenvalue weighted by molar-refractivity contribution is -0.145. The third kappa shape index (κ3) is 2.52. The van der Waals surface area contributed by atoms with Crippen LogP contribution < -0.4 is 0 Å². The van der Waals surface area contributed by atoms with Gasteiger partial charge in [-0.25, -0.2) is 0 Å². The molecule has 0 radical (unpaired) electrons. The second-order valence-corrected chi connectivity index (χ2v) is 4.22. The number of aromatic nitrogens is 2. The van der Waals surface area contributed by atoms with Crippen molar-refractivity contribution in [3.05, 3.63) is 22.7 Å². The molecule has 6 heteroatoms. The van der Waals surface area contributed by atoms with Crippen molar-refractivity contribution in [1.29, 1.82) is 0 Å². The summed E-state index contributed by atoms with van der Waals surface area (Å²) in [5.41, 5.74) is 0.890. The van der Waals surface area contributed by atoms with Gasteiger partial charge in [-0.2, -0.15) is 16.3 Å². The van der Waals surface area contributed by atoms with Crippen molar-refractivity contribution in [2.45, 2.75) is 19.8 Å². The monoisotopic (exact) mass is 252 g/mol. The Morgan fingerprint density at radius 3 is 3.12 bits per heavy atom. The summed E-state index contributed by atoms with van der Waals surface area (Å²) < 4.78 is 9.95. The third-order valence-corrected chi connectivity index (χ3v) is 2.91. The van der Waals surface area contributed by atoms with Gasteiger partial charge in [0.25, 0.3) is 0 Å². The number of thiophene rings is 1. The molecule has 0 N–H and O–H groups in total. The first-order valence-corrected chi connectivity index (χ1v) is 6.19. The van der Waals surface area contributed by atoms with Crippen molar-refractivity contribution >= 4 is 17.3 Å². The van der Waals surface area contributed by atoms with Crippen molar-refractivity contribution in [3.63, 3.8) is 0 Å². The summed E-state index contributed by atoms with van der Waals surface area (Å²) in [6.07, 6.45) is 0. The van der Waals surface area contributed by atoms with Gasteiger partial charge in [-0.15, -0.1) is 0 Å². The number of nitrogens with zero attached hydrogens (tertiary/aromatic N) is 2. The van der Waals surface area contributed by atoms with E-state index in [1.54, 1.807) is 25.2 Å². The molecule has 0 aliphatic rings. The molecule has 2 aromatic rings. The summed E-state index contributed by atoms with van der Waals surface area (Å²) in [5.74, 6) is -0.107. The van der Waals surface area contributed by atoms with Gasteiger partial charge in [0.1, 0.15) is 5.92 Å². The van der Waals surface area contributed by atoms with Gasteiger partial charge < -0.3 is 9.26 Å². The minimum atomic E-state index is -0.533. The molecule has 1 unspecified atom stereocenters. The maximum absolute atomic E-state index is 11.5. The van der Waals surface area contributed by atoms with E-state index in [-0.39, 0.29) is 11.9 Å². The second kappa shape index (κ2) is 5.09. The molecule has 2 rings (SSSR count). The highest BCUT2D eigenvalue weighted by Gasteiger charge is 2.23. The molecule has 2 heterocycles. The number of rotatable bonds is 4. The Labute approximate surface area is 102 Å². The number of ether oxygens (including phenoxy) is 1.